The first-order valence-electron chi connectivity index (χ1n) is 10.4. The maximum Gasteiger partial charge on any atom is 0.256 e. The largest absolute Gasteiger partial charge is 0.478 e. The van der Waals surface area contributed by atoms with Crippen molar-refractivity contribution >= 4 is 15.8 Å². The van der Waals surface area contributed by atoms with Crippen molar-refractivity contribution in [2.24, 2.45) is 0 Å². The van der Waals surface area contributed by atoms with Crippen LogP contribution in [0.2, 0.25) is 0 Å². The van der Waals surface area contributed by atoms with Crippen molar-refractivity contribution in [3.8, 4) is 28.5 Å². The number of likely N-dealkylation sites (N-methyl/N-ethyl adjacent to an activating group) is 1. The minimum atomic E-state index is -3.89. The highest BCUT2D eigenvalue weighted by molar-refractivity contribution is 7.89. The molecule has 1 saturated heterocycles. The first-order valence-corrected chi connectivity index (χ1v) is 11.8. The van der Waals surface area contributed by atoms with Crippen molar-refractivity contribution in [2.75, 3.05) is 32.5 Å². The zero-order valence-corrected chi connectivity index (χ0v) is 19.0. The Morgan fingerprint density at radius 3 is 2.61 bits per heavy atom. The Kier molecular flexibility index (Phi) is 6.49. The maximum atomic E-state index is 14.0. The number of aromatic nitrogens is 4. The summed E-state index contributed by atoms with van der Waals surface area (Å²) in [5, 5.41) is 0. The van der Waals surface area contributed by atoms with E-state index in [9.17, 15) is 12.8 Å². The van der Waals surface area contributed by atoms with E-state index < -0.39 is 16.0 Å². The quantitative estimate of drug-likeness (QED) is 0.525. The lowest BCUT2D eigenvalue weighted by atomic mass is 10.1. The van der Waals surface area contributed by atoms with Crippen molar-refractivity contribution in [1.29, 1.82) is 0 Å². The molecule has 0 aliphatic carbocycles. The predicted molar refractivity (Wildman–Crippen MR) is 120 cm³/mol. The number of ether oxygens (including phenoxy) is 1. The monoisotopic (exact) mass is 473 g/mol. The summed E-state index contributed by atoms with van der Waals surface area (Å²) < 4.78 is 48.5. The van der Waals surface area contributed by atoms with Crippen LogP contribution in [0.1, 0.15) is 13.3 Å². The Morgan fingerprint density at radius 1 is 1.18 bits per heavy atom. The predicted octanol–water partition coefficient (Wildman–Crippen LogP) is 1.70. The lowest BCUT2D eigenvalue weighted by molar-refractivity contribution is 0.327. The van der Waals surface area contributed by atoms with Crippen molar-refractivity contribution in [3.63, 3.8) is 0 Å². The molecule has 4 heterocycles. The van der Waals surface area contributed by atoms with E-state index in [1.165, 1.54) is 24.5 Å². The molecular formula is C21H24FN7O3S. The van der Waals surface area contributed by atoms with Crippen molar-refractivity contribution < 1.29 is 17.5 Å². The van der Waals surface area contributed by atoms with Gasteiger partial charge in [-0.25, -0.2) is 33.1 Å². The second kappa shape index (κ2) is 9.33. The van der Waals surface area contributed by atoms with Gasteiger partial charge in [-0.05, 0) is 45.1 Å². The van der Waals surface area contributed by atoms with Crippen LogP contribution in [0.5, 0.6) is 5.88 Å². The molecule has 10 nitrogen and oxygen atoms in total. The van der Waals surface area contributed by atoms with Gasteiger partial charge >= 0.3 is 0 Å². The fourth-order valence-electron chi connectivity index (χ4n) is 3.52. The molecule has 1 aliphatic rings. The van der Waals surface area contributed by atoms with Gasteiger partial charge in [0.25, 0.3) is 5.95 Å². The molecule has 33 heavy (non-hydrogen) atoms. The molecule has 0 spiro atoms. The van der Waals surface area contributed by atoms with E-state index in [1.807, 2.05) is 14.0 Å². The lowest BCUT2D eigenvalue weighted by Gasteiger charge is -2.15. The Bertz CT molecular complexity index is 1260. The molecule has 0 aromatic carbocycles. The van der Waals surface area contributed by atoms with E-state index in [2.05, 4.69) is 29.6 Å². The van der Waals surface area contributed by atoms with Crippen LogP contribution in [0.15, 0.2) is 41.6 Å². The van der Waals surface area contributed by atoms with Gasteiger partial charge in [-0.2, -0.15) is 4.39 Å². The van der Waals surface area contributed by atoms with E-state index in [0.717, 1.165) is 6.54 Å². The SMILES string of the molecule is CCOc1ccc(-c2cc(S(=O)(=O)N[C@@H]3CCN(C)C3)cc(-c3cnc(N)c(F)n3)n2)cn1. The zero-order valence-electron chi connectivity index (χ0n) is 18.2. The molecular weight excluding hydrogens is 449 g/mol. The number of nitrogens with one attached hydrogen (secondary N) is 1. The van der Waals surface area contributed by atoms with Gasteiger partial charge in [0.05, 0.1) is 29.1 Å². The number of likely N-dealkylation sites (tertiary alicyclic amines) is 1. The third kappa shape index (κ3) is 5.24. The highest BCUT2D eigenvalue weighted by Crippen LogP contribution is 2.27. The summed E-state index contributed by atoms with van der Waals surface area (Å²) in [6.07, 6.45) is 3.48. The average molecular weight is 474 g/mol. The molecule has 3 N–H and O–H groups in total. The zero-order chi connectivity index (χ0) is 23.6. The molecule has 0 amide bonds. The van der Waals surface area contributed by atoms with E-state index in [1.54, 1.807) is 12.1 Å². The normalized spacial score (nSPS) is 16.8. The van der Waals surface area contributed by atoms with Crippen molar-refractivity contribution in [3.05, 3.63) is 42.6 Å². The van der Waals surface area contributed by atoms with Crippen LogP contribution < -0.4 is 15.2 Å². The van der Waals surface area contributed by atoms with E-state index in [4.69, 9.17) is 10.5 Å². The highest BCUT2D eigenvalue weighted by Gasteiger charge is 2.27. The summed E-state index contributed by atoms with van der Waals surface area (Å²) in [7, 11) is -1.96. The molecule has 1 atom stereocenters. The van der Waals surface area contributed by atoms with Gasteiger partial charge in [-0.1, -0.05) is 0 Å². The molecule has 1 aliphatic heterocycles. The number of nitrogens with zero attached hydrogens (tertiary/aromatic N) is 5. The summed E-state index contributed by atoms with van der Waals surface area (Å²) >= 11 is 0. The first kappa shape index (κ1) is 23.0. The van der Waals surface area contributed by atoms with Crippen LogP contribution in [0.3, 0.4) is 0 Å². The number of nitrogen functional groups attached to an aromatic ring is 1. The number of nitrogens with two attached hydrogens (primary N) is 1. The van der Waals surface area contributed by atoms with E-state index in [-0.39, 0.29) is 28.1 Å². The van der Waals surface area contributed by atoms with Gasteiger partial charge in [0.1, 0.15) is 5.69 Å². The third-order valence-corrected chi connectivity index (χ3v) is 6.66. The molecule has 0 bridgehead atoms. The molecule has 12 heteroatoms. The van der Waals surface area contributed by atoms with Crippen LogP contribution in [0.25, 0.3) is 22.6 Å². The van der Waals surface area contributed by atoms with Crippen LogP contribution >= 0.6 is 0 Å². The third-order valence-electron chi connectivity index (χ3n) is 5.16. The van der Waals surface area contributed by atoms with Crippen LogP contribution in [0, 0.1) is 5.95 Å². The maximum absolute atomic E-state index is 14.0. The van der Waals surface area contributed by atoms with Crippen molar-refractivity contribution in [1.82, 2.24) is 29.6 Å². The minimum Gasteiger partial charge on any atom is -0.478 e. The number of rotatable bonds is 7. The van der Waals surface area contributed by atoms with E-state index >= 15 is 0 Å². The summed E-state index contributed by atoms with van der Waals surface area (Å²) in [6, 6.07) is 5.96. The van der Waals surface area contributed by atoms with Gasteiger partial charge in [-0.15, -0.1) is 0 Å². The summed E-state index contributed by atoms with van der Waals surface area (Å²) in [4.78, 5) is 18.3. The first-order chi connectivity index (χ1) is 15.7. The lowest BCUT2D eigenvalue weighted by Crippen LogP contribution is -2.36. The fraction of sp³-hybridized carbons (Fsp3) is 0.333. The Labute approximate surface area is 191 Å². The summed E-state index contributed by atoms with van der Waals surface area (Å²) in [5.74, 6) is -0.881. The van der Waals surface area contributed by atoms with Gasteiger partial charge in [-0.3, -0.25) is 0 Å². The van der Waals surface area contributed by atoms with Crippen LogP contribution in [0.4, 0.5) is 10.2 Å². The smallest absolute Gasteiger partial charge is 0.256 e. The second-order valence-corrected chi connectivity index (χ2v) is 9.41. The van der Waals surface area contributed by atoms with Gasteiger partial charge in [0, 0.05) is 30.4 Å². The molecule has 3 aromatic rings. The average Bonchev–Trinajstić information content (AvgIpc) is 3.20. The highest BCUT2D eigenvalue weighted by atomic mass is 32.2. The van der Waals surface area contributed by atoms with Crippen LogP contribution in [-0.4, -0.2) is 66.0 Å². The Balaban J connectivity index is 1.78. The van der Waals surface area contributed by atoms with Gasteiger partial charge < -0.3 is 15.4 Å². The number of sulfonamides is 1. The summed E-state index contributed by atoms with van der Waals surface area (Å²) in [6.45, 7) is 3.73. The second-order valence-electron chi connectivity index (χ2n) is 7.69. The standard InChI is InChI=1S/C21H24FN7O3S/c1-3-32-19-5-4-13(10-24-19)16-8-15(33(30,31)28-14-6-7-29(2)12-14)9-17(26-16)18-11-25-21(23)20(22)27-18/h4-5,8-11,14,28H,3,6-7,12H2,1-2H3,(H2,23,25)/t14-/m1/s1. The molecule has 0 saturated carbocycles. The molecule has 0 unspecified atom stereocenters. The topological polar surface area (TPSA) is 136 Å². The van der Waals surface area contributed by atoms with E-state index in [0.29, 0.717) is 36.7 Å². The minimum absolute atomic E-state index is 0.0232. The molecule has 1 fully saturated rings. The number of anilines is 1. The Hall–Kier alpha value is -3.22. The van der Waals surface area contributed by atoms with Crippen molar-refractivity contribution in [2.45, 2.75) is 24.3 Å². The number of halogens is 1. The van der Waals surface area contributed by atoms with Gasteiger partial charge in [0.15, 0.2) is 5.82 Å². The number of hydrogen-bond donors (Lipinski definition) is 2. The number of pyridine rings is 2. The fourth-order valence-corrected chi connectivity index (χ4v) is 4.82. The molecule has 174 valence electrons. The van der Waals surface area contributed by atoms with Crippen LogP contribution in [-0.2, 0) is 10.0 Å². The number of hydrogen-bond acceptors (Lipinski definition) is 9. The molecule has 3 aromatic heterocycles. The molecule has 4 rings (SSSR count). The molecule has 0 radical (unpaired) electrons. The Morgan fingerprint density at radius 2 is 1.97 bits per heavy atom. The summed E-state index contributed by atoms with van der Waals surface area (Å²) in [5.41, 5.74) is 6.50. The van der Waals surface area contributed by atoms with Gasteiger partial charge in [0.2, 0.25) is 15.9 Å².